The zero-order valence-corrected chi connectivity index (χ0v) is 15.7. The van der Waals surface area contributed by atoms with Crippen molar-refractivity contribution in [2.75, 3.05) is 13.1 Å². The number of rotatable bonds is 4. The van der Waals surface area contributed by atoms with Crippen LogP contribution in [-0.2, 0) is 11.8 Å². The number of carbonyl (C=O) groups is 1. The molecule has 2 aliphatic carbocycles. The van der Waals surface area contributed by atoms with E-state index in [4.69, 9.17) is 4.42 Å². The van der Waals surface area contributed by atoms with E-state index >= 15 is 0 Å². The van der Waals surface area contributed by atoms with Gasteiger partial charge in [-0.25, -0.2) is 0 Å². The van der Waals surface area contributed by atoms with Crippen molar-refractivity contribution in [3.8, 4) is 5.75 Å². The molecule has 0 radical (unpaired) electrons. The molecule has 2 aromatic rings. The first-order valence-electron chi connectivity index (χ1n) is 10.3. The quantitative estimate of drug-likeness (QED) is 0.820. The summed E-state index contributed by atoms with van der Waals surface area (Å²) in [6.45, 7) is 1.85. The van der Waals surface area contributed by atoms with Crippen LogP contribution in [0.15, 0.2) is 41.0 Å². The monoisotopic (exact) mass is 365 g/mol. The van der Waals surface area contributed by atoms with Gasteiger partial charge in [-0.2, -0.15) is 0 Å². The van der Waals surface area contributed by atoms with Gasteiger partial charge in [0.1, 0.15) is 5.75 Å². The summed E-state index contributed by atoms with van der Waals surface area (Å²) in [4.78, 5) is 15.0. The van der Waals surface area contributed by atoms with Gasteiger partial charge < -0.3 is 9.52 Å². The van der Waals surface area contributed by atoms with Crippen LogP contribution >= 0.6 is 0 Å². The third-order valence-electron chi connectivity index (χ3n) is 7.36. The van der Waals surface area contributed by atoms with Gasteiger partial charge in [-0.05, 0) is 73.5 Å². The molecule has 3 aliphatic rings. The minimum Gasteiger partial charge on any atom is -0.508 e. The van der Waals surface area contributed by atoms with Gasteiger partial charge >= 0.3 is 0 Å². The van der Waals surface area contributed by atoms with Crippen LogP contribution in [0, 0.1) is 5.92 Å². The van der Waals surface area contributed by atoms with Crippen molar-refractivity contribution >= 4 is 5.78 Å². The molecule has 142 valence electrons. The van der Waals surface area contributed by atoms with Crippen LogP contribution in [-0.4, -0.2) is 34.9 Å². The molecule has 0 unspecified atom stereocenters. The second-order valence-corrected chi connectivity index (χ2v) is 8.56. The molecule has 3 atom stereocenters. The molecule has 2 bridgehead atoms. The molecule has 2 fully saturated rings. The number of phenolic OH excluding ortho intramolecular Hbond substituents is 1. The van der Waals surface area contributed by atoms with Crippen molar-refractivity contribution in [1.82, 2.24) is 4.90 Å². The molecule has 4 heteroatoms. The van der Waals surface area contributed by atoms with Gasteiger partial charge in [-0.1, -0.05) is 18.9 Å². The molecule has 2 heterocycles. The summed E-state index contributed by atoms with van der Waals surface area (Å²) in [6.07, 6.45) is 9.36. The van der Waals surface area contributed by atoms with Gasteiger partial charge in [0.15, 0.2) is 11.5 Å². The van der Waals surface area contributed by atoms with Crippen LogP contribution in [0.2, 0.25) is 0 Å². The number of piperidine rings is 1. The van der Waals surface area contributed by atoms with Gasteiger partial charge in [-0.3, -0.25) is 9.69 Å². The lowest BCUT2D eigenvalue weighted by atomic mass is 9.52. The number of phenols is 1. The lowest BCUT2D eigenvalue weighted by Gasteiger charge is -2.59. The summed E-state index contributed by atoms with van der Waals surface area (Å²) in [6, 6.07) is 10.0. The normalized spacial score (nSPS) is 29.8. The largest absolute Gasteiger partial charge is 0.508 e. The Hall–Kier alpha value is -2.07. The molecule has 27 heavy (non-hydrogen) atoms. The molecular weight excluding hydrogens is 338 g/mol. The molecule has 1 N–H and O–H groups in total. The maximum Gasteiger partial charge on any atom is 0.199 e. The topological polar surface area (TPSA) is 53.7 Å². The average molecular weight is 365 g/mol. The summed E-state index contributed by atoms with van der Waals surface area (Å²) in [5.74, 6) is 1.62. The van der Waals surface area contributed by atoms with Crippen molar-refractivity contribution in [2.45, 2.75) is 56.4 Å². The van der Waals surface area contributed by atoms with E-state index in [1.165, 1.54) is 36.8 Å². The molecule has 4 nitrogen and oxygen atoms in total. The van der Waals surface area contributed by atoms with E-state index in [2.05, 4.69) is 11.0 Å². The zero-order chi connectivity index (χ0) is 18.4. The van der Waals surface area contributed by atoms with Crippen molar-refractivity contribution in [3.05, 3.63) is 53.5 Å². The Morgan fingerprint density at radius 1 is 1.26 bits per heavy atom. The van der Waals surface area contributed by atoms with Crippen LogP contribution in [0.3, 0.4) is 0 Å². The Labute approximate surface area is 160 Å². The summed E-state index contributed by atoms with van der Waals surface area (Å²) in [5.41, 5.74) is 3.05. The zero-order valence-electron chi connectivity index (χ0n) is 15.7. The number of hydrogen-bond donors (Lipinski definition) is 1. The van der Waals surface area contributed by atoms with Crippen LogP contribution < -0.4 is 0 Å². The Balaban J connectivity index is 1.41. The maximum atomic E-state index is 12.4. The third kappa shape index (κ3) is 2.73. The van der Waals surface area contributed by atoms with Crippen molar-refractivity contribution in [3.63, 3.8) is 0 Å². The average Bonchev–Trinajstić information content (AvgIpc) is 3.22. The van der Waals surface area contributed by atoms with Gasteiger partial charge in [-0.15, -0.1) is 0 Å². The van der Waals surface area contributed by atoms with Gasteiger partial charge in [0.05, 0.1) is 6.26 Å². The van der Waals surface area contributed by atoms with Gasteiger partial charge in [0.25, 0.3) is 0 Å². The highest BCUT2D eigenvalue weighted by molar-refractivity contribution is 5.93. The summed E-state index contributed by atoms with van der Waals surface area (Å²) in [7, 11) is 0. The summed E-state index contributed by atoms with van der Waals surface area (Å²) < 4.78 is 5.27. The Morgan fingerprint density at radius 2 is 2.19 bits per heavy atom. The molecular formula is C23H27NO3. The maximum absolute atomic E-state index is 12.4. The first-order valence-corrected chi connectivity index (χ1v) is 10.3. The number of fused-ring (bicyclic) bond motifs is 1. The predicted molar refractivity (Wildman–Crippen MR) is 103 cm³/mol. The highest BCUT2D eigenvalue weighted by atomic mass is 16.3. The number of aromatic hydroxyl groups is 1. The molecule has 0 spiro atoms. The number of carbonyl (C=O) groups excluding carboxylic acids is 1. The Morgan fingerprint density at radius 3 is 3.04 bits per heavy atom. The van der Waals surface area contributed by atoms with Crippen LogP contribution in [0.25, 0.3) is 0 Å². The molecule has 1 aromatic heterocycles. The van der Waals surface area contributed by atoms with Crippen LogP contribution in [0.5, 0.6) is 5.75 Å². The van der Waals surface area contributed by atoms with Gasteiger partial charge in [0, 0.05) is 24.4 Å². The van der Waals surface area contributed by atoms with E-state index in [9.17, 15) is 9.90 Å². The fourth-order valence-corrected chi connectivity index (χ4v) is 6.16. The number of likely N-dealkylation sites (tertiary alicyclic amines) is 1. The third-order valence-corrected chi connectivity index (χ3v) is 7.36. The first-order chi connectivity index (χ1) is 13.2. The minimum atomic E-state index is 0.0987. The second kappa shape index (κ2) is 6.52. The van der Waals surface area contributed by atoms with Crippen molar-refractivity contribution < 1.29 is 14.3 Å². The summed E-state index contributed by atoms with van der Waals surface area (Å²) in [5, 5.41) is 10.1. The predicted octanol–water partition coefficient (Wildman–Crippen LogP) is 4.32. The lowest BCUT2D eigenvalue weighted by molar-refractivity contribution is -0.0111. The van der Waals surface area contributed by atoms with E-state index in [1.807, 2.05) is 12.1 Å². The number of nitrogens with zero attached hydrogens (tertiary/aromatic N) is 1. The van der Waals surface area contributed by atoms with Gasteiger partial charge in [0.2, 0.25) is 0 Å². The number of benzene rings is 1. The SMILES string of the molecule is O=C(CCN1CC[C@@]23CCCC[C@H]2[C@@H]1Cc1ccc(O)cc13)c1ccco1. The highest BCUT2D eigenvalue weighted by Crippen LogP contribution is 2.56. The fourth-order valence-electron chi connectivity index (χ4n) is 6.16. The smallest absolute Gasteiger partial charge is 0.199 e. The van der Waals surface area contributed by atoms with E-state index in [-0.39, 0.29) is 11.2 Å². The van der Waals surface area contributed by atoms with E-state index in [1.54, 1.807) is 18.4 Å². The number of Topliss-reactive ketones (excluding diaryl/α,β-unsaturated/α-hetero) is 1. The first kappa shape index (κ1) is 17.1. The molecule has 1 aliphatic heterocycles. The molecule has 1 saturated heterocycles. The molecule has 1 aromatic carbocycles. The number of ketones is 1. The number of hydrogen-bond acceptors (Lipinski definition) is 4. The second-order valence-electron chi connectivity index (χ2n) is 8.56. The van der Waals surface area contributed by atoms with Crippen LogP contribution in [0.4, 0.5) is 0 Å². The fraction of sp³-hybridized carbons (Fsp3) is 0.522. The molecule has 0 amide bonds. The molecule has 1 saturated carbocycles. The van der Waals surface area contributed by atoms with E-state index in [0.29, 0.717) is 29.9 Å². The van der Waals surface area contributed by atoms with E-state index < -0.39 is 0 Å². The highest BCUT2D eigenvalue weighted by Gasteiger charge is 2.53. The lowest BCUT2D eigenvalue weighted by Crippen LogP contribution is -2.61. The standard InChI is InChI=1S/C23H27NO3/c25-17-7-6-16-14-20-18-4-1-2-9-23(18,19(16)15-17)10-12-24(20)11-8-21(26)22-5-3-13-27-22/h3,5-7,13,15,18,20,25H,1-2,4,8-12,14H2/t18-,20-,23-/m0/s1. The number of furan rings is 1. The Kier molecular flexibility index (Phi) is 4.12. The van der Waals surface area contributed by atoms with E-state index in [0.717, 1.165) is 25.9 Å². The van der Waals surface area contributed by atoms with Crippen molar-refractivity contribution in [1.29, 1.82) is 0 Å². The minimum absolute atomic E-state index is 0.0987. The molecule has 5 rings (SSSR count). The summed E-state index contributed by atoms with van der Waals surface area (Å²) >= 11 is 0. The van der Waals surface area contributed by atoms with Crippen LogP contribution in [0.1, 0.15) is 60.2 Å². The van der Waals surface area contributed by atoms with Crippen molar-refractivity contribution in [2.24, 2.45) is 5.92 Å². The Bertz CT molecular complexity index is 843.